The van der Waals surface area contributed by atoms with Crippen molar-refractivity contribution in [3.05, 3.63) is 83.7 Å². The summed E-state index contributed by atoms with van der Waals surface area (Å²) in [5.41, 5.74) is 5.65. The summed E-state index contributed by atoms with van der Waals surface area (Å²) in [6.07, 6.45) is 0. The number of nitrogens with zero attached hydrogens (tertiary/aromatic N) is 4. The Bertz CT molecular complexity index is 1230. The average Bonchev–Trinajstić information content (AvgIpc) is 2.80. The summed E-state index contributed by atoms with van der Waals surface area (Å²) in [7, 11) is 0. The molecule has 0 aliphatic carbocycles. The molecule has 2 aromatic heterocycles. The standard InChI is InChI=1S/C25H22N4O2/c1-4-31-25(30)21-15-20(16(2)26-17(21)3)24-27-22(18-11-7-5-8-12-18)23(28-29-24)19-13-9-6-10-14-19/h5-15H,4H2,1-3H3. The van der Waals surface area contributed by atoms with Gasteiger partial charge in [0.2, 0.25) is 0 Å². The van der Waals surface area contributed by atoms with Crippen molar-refractivity contribution in [3.63, 3.8) is 0 Å². The van der Waals surface area contributed by atoms with Crippen molar-refractivity contribution in [1.29, 1.82) is 0 Å². The van der Waals surface area contributed by atoms with Gasteiger partial charge >= 0.3 is 5.97 Å². The minimum Gasteiger partial charge on any atom is -0.462 e. The van der Waals surface area contributed by atoms with Crippen LogP contribution in [0.1, 0.15) is 28.7 Å². The number of aromatic nitrogens is 4. The Morgan fingerprint density at radius 3 is 2.03 bits per heavy atom. The predicted octanol–water partition coefficient (Wildman–Crippen LogP) is 5.06. The van der Waals surface area contributed by atoms with E-state index in [9.17, 15) is 4.79 Å². The van der Waals surface area contributed by atoms with E-state index < -0.39 is 5.97 Å². The SMILES string of the molecule is CCOC(=O)c1cc(-c2nnc(-c3ccccc3)c(-c3ccccc3)n2)c(C)nc1C. The summed E-state index contributed by atoms with van der Waals surface area (Å²) in [5, 5.41) is 8.91. The molecule has 0 N–H and O–H groups in total. The largest absolute Gasteiger partial charge is 0.462 e. The van der Waals surface area contributed by atoms with Gasteiger partial charge in [-0.25, -0.2) is 9.78 Å². The van der Waals surface area contributed by atoms with Gasteiger partial charge in [0.15, 0.2) is 5.82 Å². The van der Waals surface area contributed by atoms with Crippen molar-refractivity contribution >= 4 is 5.97 Å². The monoisotopic (exact) mass is 410 g/mol. The van der Waals surface area contributed by atoms with Crippen LogP contribution in [-0.4, -0.2) is 32.7 Å². The van der Waals surface area contributed by atoms with Crippen molar-refractivity contribution in [2.24, 2.45) is 0 Å². The van der Waals surface area contributed by atoms with E-state index in [2.05, 4.69) is 15.2 Å². The van der Waals surface area contributed by atoms with Gasteiger partial charge in [-0.05, 0) is 26.8 Å². The Balaban J connectivity index is 1.90. The van der Waals surface area contributed by atoms with Crippen molar-refractivity contribution in [3.8, 4) is 33.9 Å². The molecule has 31 heavy (non-hydrogen) atoms. The molecule has 0 aliphatic rings. The van der Waals surface area contributed by atoms with Crippen LogP contribution in [0.15, 0.2) is 66.7 Å². The second-order valence-corrected chi connectivity index (χ2v) is 7.04. The zero-order chi connectivity index (χ0) is 21.8. The van der Waals surface area contributed by atoms with E-state index in [1.807, 2.05) is 67.6 Å². The molecule has 2 heterocycles. The van der Waals surface area contributed by atoms with Crippen molar-refractivity contribution in [2.75, 3.05) is 6.61 Å². The number of carbonyl (C=O) groups is 1. The molecule has 0 saturated heterocycles. The lowest BCUT2D eigenvalue weighted by atomic mass is 10.0. The smallest absolute Gasteiger partial charge is 0.339 e. The fraction of sp³-hybridized carbons (Fsp3) is 0.160. The van der Waals surface area contributed by atoms with Crippen LogP contribution < -0.4 is 0 Å². The lowest BCUT2D eigenvalue weighted by Gasteiger charge is -2.12. The van der Waals surface area contributed by atoms with Crippen LogP contribution in [0.4, 0.5) is 0 Å². The molecule has 0 aliphatic heterocycles. The average molecular weight is 410 g/mol. The quantitative estimate of drug-likeness (QED) is 0.428. The molecule has 4 aromatic rings. The molecule has 4 rings (SSSR count). The number of hydrogen-bond donors (Lipinski definition) is 0. The van der Waals surface area contributed by atoms with E-state index in [-0.39, 0.29) is 0 Å². The second-order valence-electron chi connectivity index (χ2n) is 7.04. The Labute approximate surface area is 181 Å². The number of carbonyl (C=O) groups excluding carboxylic acids is 1. The maximum atomic E-state index is 12.4. The number of benzene rings is 2. The van der Waals surface area contributed by atoms with Gasteiger partial charge in [-0.1, -0.05) is 60.7 Å². The van der Waals surface area contributed by atoms with Crippen LogP contribution in [0.2, 0.25) is 0 Å². The van der Waals surface area contributed by atoms with Gasteiger partial charge in [0, 0.05) is 22.4 Å². The molecule has 154 valence electrons. The topological polar surface area (TPSA) is 77.9 Å². The van der Waals surface area contributed by atoms with E-state index in [1.54, 1.807) is 19.9 Å². The molecule has 0 unspecified atom stereocenters. The van der Waals surface area contributed by atoms with Crippen LogP contribution in [0.3, 0.4) is 0 Å². The molecule has 0 bridgehead atoms. The minimum atomic E-state index is -0.411. The fourth-order valence-corrected chi connectivity index (χ4v) is 3.39. The summed E-state index contributed by atoms with van der Waals surface area (Å²) in [4.78, 5) is 21.8. The predicted molar refractivity (Wildman–Crippen MR) is 119 cm³/mol. The highest BCUT2D eigenvalue weighted by molar-refractivity contribution is 5.92. The van der Waals surface area contributed by atoms with Gasteiger partial charge in [-0.15, -0.1) is 10.2 Å². The number of aryl methyl sites for hydroxylation is 2. The lowest BCUT2D eigenvalue weighted by Crippen LogP contribution is -2.10. The molecular formula is C25H22N4O2. The van der Waals surface area contributed by atoms with Crippen LogP contribution in [-0.2, 0) is 4.74 Å². The summed E-state index contributed by atoms with van der Waals surface area (Å²) in [5.74, 6) is -0.0000182. The van der Waals surface area contributed by atoms with Crippen molar-refractivity contribution < 1.29 is 9.53 Å². The Morgan fingerprint density at radius 2 is 1.42 bits per heavy atom. The Morgan fingerprint density at radius 1 is 0.806 bits per heavy atom. The van der Waals surface area contributed by atoms with Crippen LogP contribution in [0.5, 0.6) is 0 Å². The molecule has 0 atom stereocenters. The number of ether oxygens (including phenoxy) is 1. The first-order valence-corrected chi connectivity index (χ1v) is 10.1. The van der Waals surface area contributed by atoms with Crippen molar-refractivity contribution in [2.45, 2.75) is 20.8 Å². The molecule has 0 spiro atoms. The van der Waals surface area contributed by atoms with Gasteiger partial charge in [-0.2, -0.15) is 0 Å². The molecule has 2 aromatic carbocycles. The Hall–Kier alpha value is -3.93. The highest BCUT2D eigenvalue weighted by Crippen LogP contribution is 2.31. The van der Waals surface area contributed by atoms with Gasteiger partial charge in [0.05, 0.1) is 17.9 Å². The maximum absolute atomic E-state index is 12.4. The summed E-state index contributed by atoms with van der Waals surface area (Å²) in [6.45, 7) is 5.73. The summed E-state index contributed by atoms with van der Waals surface area (Å²) < 4.78 is 5.17. The molecule has 0 fully saturated rings. The number of hydrogen-bond acceptors (Lipinski definition) is 6. The first-order valence-electron chi connectivity index (χ1n) is 10.1. The summed E-state index contributed by atoms with van der Waals surface area (Å²) in [6, 6.07) is 21.4. The van der Waals surface area contributed by atoms with Crippen LogP contribution in [0, 0.1) is 13.8 Å². The first-order chi connectivity index (χ1) is 15.1. The number of pyridine rings is 1. The molecule has 0 saturated carbocycles. The first kappa shape index (κ1) is 20.3. The van der Waals surface area contributed by atoms with Gasteiger partial charge in [-0.3, -0.25) is 4.98 Å². The highest BCUT2D eigenvalue weighted by atomic mass is 16.5. The van der Waals surface area contributed by atoms with E-state index in [0.717, 1.165) is 22.5 Å². The Kier molecular flexibility index (Phi) is 5.80. The van der Waals surface area contributed by atoms with E-state index >= 15 is 0 Å². The van der Waals surface area contributed by atoms with E-state index in [4.69, 9.17) is 9.72 Å². The van der Waals surface area contributed by atoms with Crippen LogP contribution >= 0.6 is 0 Å². The third-order valence-corrected chi connectivity index (χ3v) is 4.92. The highest BCUT2D eigenvalue weighted by Gasteiger charge is 2.19. The minimum absolute atomic E-state index is 0.295. The molecule has 6 heteroatoms. The molecule has 6 nitrogen and oxygen atoms in total. The zero-order valence-electron chi connectivity index (χ0n) is 17.7. The number of esters is 1. The van der Waals surface area contributed by atoms with Crippen molar-refractivity contribution in [1.82, 2.24) is 20.2 Å². The van der Waals surface area contributed by atoms with E-state index in [1.165, 1.54) is 0 Å². The molecular weight excluding hydrogens is 388 g/mol. The van der Waals surface area contributed by atoms with Gasteiger partial charge < -0.3 is 4.74 Å². The molecule has 0 radical (unpaired) electrons. The maximum Gasteiger partial charge on any atom is 0.339 e. The zero-order valence-corrected chi connectivity index (χ0v) is 17.7. The second kappa shape index (κ2) is 8.83. The van der Waals surface area contributed by atoms with E-state index in [0.29, 0.717) is 34.9 Å². The van der Waals surface area contributed by atoms with Crippen LogP contribution in [0.25, 0.3) is 33.9 Å². The fourth-order valence-electron chi connectivity index (χ4n) is 3.39. The molecule has 0 amide bonds. The lowest BCUT2D eigenvalue weighted by molar-refractivity contribution is 0.0525. The third kappa shape index (κ3) is 4.19. The van der Waals surface area contributed by atoms with Gasteiger partial charge in [0.1, 0.15) is 11.4 Å². The summed E-state index contributed by atoms with van der Waals surface area (Å²) >= 11 is 0. The number of rotatable bonds is 5. The third-order valence-electron chi connectivity index (χ3n) is 4.92. The van der Waals surface area contributed by atoms with Gasteiger partial charge in [0.25, 0.3) is 0 Å². The normalized spacial score (nSPS) is 10.7.